The van der Waals surface area contributed by atoms with E-state index in [1.54, 1.807) is 54.6 Å². The average Bonchev–Trinajstić information content (AvgIpc) is 3.46. The summed E-state index contributed by atoms with van der Waals surface area (Å²) in [6, 6.07) is 23.5. The summed E-state index contributed by atoms with van der Waals surface area (Å²) in [6.07, 6.45) is 3.04. The number of aromatic nitrogens is 1. The number of furan rings is 1. The van der Waals surface area contributed by atoms with Gasteiger partial charge in [0.2, 0.25) is 11.8 Å². The van der Waals surface area contributed by atoms with Gasteiger partial charge in [-0.3, -0.25) is 4.79 Å². The van der Waals surface area contributed by atoms with Gasteiger partial charge in [0.15, 0.2) is 5.58 Å². The summed E-state index contributed by atoms with van der Waals surface area (Å²) >= 11 is 11.9. The summed E-state index contributed by atoms with van der Waals surface area (Å²) in [5.41, 5.74) is 3.70. The molecular weight excluding hydrogens is 459 g/mol. The van der Waals surface area contributed by atoms with Crippen molar-refractivity contribution < 1.29 is 13.6 Å². The Morgan fingerprint density at radius 2 is 1.55 bits per heavy atom. The van der Waals surface area contributed by atoms with E-state index in [1.165, 1.54) is 6.08 Å². The molecule has 0 saturated carbocycles. The molecule has 0 unspecified atom stereocenters. The maximum absolute atomic E-state index is 12.3. The van der Waals surface area contributed by atoms with E-state index in [0.717, 1.165) is 11.1 Å². The number of carbonyl (C=O) groups is 1. The van der Waals surface area contributed by atoms with E-state index >= 15 is 0 Å². The van der Waals surface area contributed by atoms with Crippen LogP contribution in [-0.2, 0) is 4.79 Å². The predicted molar refractivity (Wildman–Crippen MR) is 131 cm³/mol. The zero-order chi connectivity index (χ0) is 22.8. The molecule has 0 aliphatic rings. The Kier molecular flexibility index (Phi) is 5.73. The standard InChI is InChI=1S/C26H16Cl2N2O3/c27-18-5-1-16(2-6-18)23-13-10-21(32-23)11-14-25(31)29-20-8-3-17(4-9-20)26-30-22-15-19(28)7-12-24(22)33-26/h1-15H,(H,29,31)/b14-11+. The Labute approximate surface area is 199 Å². The summed E-state index contributed by atoms with van der Waals surface area (Å²) in [5.74, 6) is 1.48. The van der Waals surface area contributed by atoms with Crippen molar-refractivity contribution in [1.29, 1.82) is 0 Å². The highest BCUT2D eigenvalue weighted by molar-refractivity contribution is 6.31. The van der Waals surface area contributed by atoms with Gasteiger partial charge >= 0.3 is 0 Å². The van der Waals surface area contributed by atoms with Crippen LogP contribution in [0, 0.1) is 0 Å². The lowest BCUT2D eigenvalue weighted by Crippen LogP contribution is -2.07. The Morgan fingerprint density at radius 3 is 2.33 bits per heavy atom. The fraction of sp³-hybridized carbons (Fsp3) is 0. The highest BCUT2D eigenvalue weighted by Gasteiger charge is 2.09. The van der Waals surface area contributed by atoms with Gasteiger partial charge in [0, 0.05) is 32.9 Å². The Morgan fingerprint density at radius 1 is 0.818 bits per heavy atom. The van der Waals surface area contributed by atoms with E-state index in [4.69, 9.17) is 32.0 Å². The number of hydrogen-bond donors (Lipinski definition) is 1. The lowest BCUT2D eigenvalue weighted by atomic mass is 10.2. The lowest BCUT2D eigenvalue weighted by Gasteiger charge is -2.02. The van der Waals surface area contributed by atoms with Crippen LogP contribution < -0.4 is 5.32 Å². The summed E-state index contributed by atoms with van der Waals surface area (Å²) < 4.78 is 11.5. The normalized spacial score (nSPS) is 11.3. The Bertz CT molecular complexity index is 1470. The second kappa shape index (κ2) is 8.98. The van der Waals surface area contributed by atoms with Crippen LogP contribution in [0.15, 0.2) is 93.8 Å². The fourth-order valence-electron chi connectivity index (χ4n) is 3.27. The SMILES string of the molecule is O=C(/C=C/c1ccc(-c2ccc(Cl)cc2)o1)Nc1ccc(-c2nc3cc(Cl)ccc3o2)cc1. The molecule has 0 aliphatic heterocycles. The van der Waals surface area contributed by atoms with Gasteiger partial charge in [0.05, 0.1) is 0 Å². The number of nitrogens with zero attached hydrogens (tertiary/aromatic N) is 1. The third-order valence-electron chi connectivity index (χ3n) is 4.90. The van der Waals surface area contributed by atoms with Gasteiger partial charge in [-0.25, -0.2) is 4.98 Å². The number of fused-ring (bicyclic) bond motifs is 1. The maximum atomic E-state index is 12.3. The molecule has 1 amide bonds. The molecule has 0 bridgehead atoms. The molecule has 0 atom stereocenters. The van der Waals surface area contributed by atoms with E-state index in [2.05, 4.69) is 10.3 Å². The van der Waals surface area contributed by atoms with E-state index in [0.29, 0.717) is 44.2 Å². The first-order valence-electron chi connectivity index (χ1n) is 10.0. The van der Waals surface area contributed by atoms with Crippen molar-refractivity contribution in [1.82, 2.24) is 4.98 Å². The number of nitrogens with one attached hydrogen (secondary N) is 1. The Hall–Kier alpha value is -3.80. The van der Waals surface area contributed by atoms with Crippen LogP contribution in [-0.4, -0.2) is 10.9 Å². The molecule has 0 fully saturated rings. The second-order valence-corrected chi connectivity index (χ2v) is 8.11. The number of anilines is 1. The molecule has 0 aliphatic carbocycles. The molecule has 0 saturated heterocycles. The molecule has 2 aromatic heterocycles. The molecule has 5 nitrogen and oxygen atoms in total. The number of rotatable bonds is 5. The van der Waals surface area contributed by atoms with Crippen LogP contribution in [0.3, 0.4) is 0 Å². The molecule has 2 heterocycles. The van der Waals surface area contributed by atoms with E-state index in [-0.39, 0.29) is 5.91 Å². The summed E-state index contributed by atoms with van der Waals surface area (Å²) in [4.78, 5) is 16.8. The minimum Gasteiger partial charge on any atom is -0.457 e. The Balaban J connectivity index is 1.23. The van der Waals surface area contributed by atoms with Crippen LogP contribution in [0.25, 0.3) is 40.0 Å². The summed E-state index contributed by atoms with van der Waals surface area (Å²) in [6.45, 7) is 0. The van der Waals surface area contributed by atoms with Crippen LogP contribution in [0.4, 0.5) is 5.69 Å². The minimum absolute atomic E-state index is 0.274. The quantitative estimate of drug-likeness (QED) is 0.264. The zero-order valence-corrected chi connectivity index (χ0v) is 18.6. The van der Waals surface area contributed by atoms with Crippen LogP contribution in [0.1, 0.15) is 5.76 Å². The molecule has 3 aromatic carbocycles. The van der Waals surface area contributed by atoms with Gasteiger partial charge in [-0.05, 0) is 84.9 Å². The fourth-order valence-corrected chi connectivity index (χ4v) is 3.57. The van der Waals surface area contributed by atoms with Gasteiger partial charge in [0.1, 0.15) is 17.0 Å². The van der Waals surface area contributed by atoms with E-state index in [9.17, 15) is 4.79 Å². The topological polar surface area (TPSA) is 68.3 Å². The van der Waals surface area contributed by atoms with Crippen molar-refractivity contribution in [2.45, 2.75) is 0 Å². The van der Waals surface area contributed by atoms with Crippen LogP contribution >= 0.6 is 23.2 Å². The number of oxazole rings is 1. The van der Waals surface area contributed by atoms with Gasteiger partial charge < -0.3 is 14.2 Å². The molecule has 5 rings (SSSR count). The molecule has 33 heavy (non-hydrogen) atoms. The number of carbonyl (C=O) groups excluding carboxylic acids is 1. The van der Waals surface area contributed by atoms with E-state index in [1.807, 2.05) is 30.3 Å². The molecule has 1 N–H and O–H groups in total. The molecule has 0 radical (unpaired) electrons. The number of benzene rings is 3. The molecule has 5 aromatic rings. The van der Waals surface area contributed by atoms with Crippen LogP contribution in [0.2, 0.25) is 10.0 Å². The number of halogens is 2. The monoisotopic (exact) mass is 474 g/mol. The predicted octanol–water partition coefficient (Wildman–Crippen LogP) is 7.71. The van der Waals surface area contributed by atoms with Crippen molar-refractivity contribution in [3.8, 4) is 22.8 Å². The first-order chi connectivity index (χ1) is 16.0. The van der Waals surface area contributed by atoms with Gasteiger partial charge in [-0.2, -0.15) is 0 Å². The first kappa shape index (κ1) is 21.1. The third-order valence-corrected chi connectivity index (χ3v) is 5.39. The van der Waals surface area contributed by atoms with Crippen molar-refractivity contribution in [3.05, 3.63) is 101 Å². The largest absolute Gasteiger partial charge is 0.457 e. The second-order valence-electron chi connectivity index (χ2n) is 7.24. The van der Waals surface area contributed by atoms with Crippen molar-refractivity contribution in [3.63, 3.8) is 0 Å². The van der Waals surface area contributed by atoms with Crippen LogP contribution in [0.5, 0.6) is 0 Å². The zero-order valence-electron chi connectivity index (χ0n) is 17.1. The molecular formula is C26H16Cl2N2O3. The average molecular weight is 475 g/mol. The van der Waals surface area contributed by atoms with Gasteiger partial charge in [0.25, 0.3) is 0 Å². The van der Waals surface area contributed by atoms with Gasteiger partial charge in [-0.15, -0.1) is 0 Å². The van der Waals surface area contributed by atoms with Crippen molar-refractivity contribution >= 4 is 52.0 Å². The summed E-state index contributed by atoms with van der Waals surface area (Å²) in [5, 5.41) is 4.08. The highest BCUT2D eigenvalue weighted by Crippen LogP contribution is 2.27. The summed E-state index contributed by atoms with van der Waals surface area (Å²) in [7, 11) is 0. The number of hydrogen-bond acceptors (Lipinski definition) is 4. The first-order valence-corrected chi connectivity index (χ1v) is 10.8. The minimum atomic E-state index is -0.274. The van der Waals surface area contributed by atoms with Crippen molar-refractivity contribution in [2.75, 3.05) is 5.32 Å². The lowest BCUT2D eigenvalue weighted by molar-refractivity contribution is -0.111. The van der Waals surface area contributed by atoms with E-state index < -0.39 is 0 Å². The highest BCUT2D eigenvalue weighted by atomic mass is 35.5. The smallest absolute Gasteiger partial charge is 0.248 e. The van der Waals surface area contributed by atoms with Crippen molar-refractivity contribution in [2.24, 2.45) is 0 Å². The molecule has 162 valence electrons. The maximum Gasteiger partial charge on any atom is 0.248 e. The third kappa shape index (κ3) is 4.85. The van der Waals surface area contributed by atoms with Gasteiger partial charge in [-0.1, -0.05) is 23.2 Å². The number of amides is 1. The molecule has 7 heteroatoms. The molecule has 0 spiro atoms.